The van der Waals surface area contributed by atoms with Gasteiger partial charge >= 0.3 is 6.09 Å². The van der Waals surface area contributed by atoms with Gasteiger partial charge in [-0.2, -0.15) is 0 Å². The third kappa shape index (κ3) is 7.15. The van der Waals surface area contributed by atoms with E-state index in [0.29, 0.717) is 17.7 Å². The van der Waals surface area contributed by atoms with E-state index in [1.807, 2.05) is 0 Å². The highest BCUT2D eigenvalue weighted by Gasteiger charge is 2.34. The van der Waals surface area contributed by atoms with E-state index < -0.39 is 32.9 Å². The number of amides is 3. The minimum absolute atomic E-state index is 0.0346. The Morgan fingerprint density at radius 3 is 2.43 bits per heavy atom. The van der Waals surface area contributed by atoms with Crippen molar-refractivity contribution >= 4 is 39.0 Å². The van der Waals surface area contributed by atoms with Crippen molar-refractivity contribution in [3.8, 4) is 0 Å². The van der Waals surface area contributed by atoms with Gasteiger partial charge in [0.15, 0.2) is 0 Å². The number of aryl methyl sites for hydroxylation is 1. The minimum Gasteiger partial charge on any atom is -0.444 e. The summed E-state index contributed by atoms with van der Waals surface area (Å²) in [4.78, 5) is 37.6. The van der Waals surface area contributed by atoms with Crippen LogP contribution in [0.15, 0.2) is 40.1 Å². The number of allylic oxidation sites excluding steroid dienone is 1. The lowest BCUT2D eigenvalue weighted by atomic mass is 10.1. The summed E-state index contributed by atoms with van der Waals surface area (Å²) >= 11 is 0.850. The van der Waals surface area contributed by atoms with E-state index in [2.05, 4.69) is 5.32 Å². The average molecular weight is 456 g/mol. The van der Waals surface area contributed by atoms with E-state index in [9.17, 15) is 22.8 Å². The second-order valence-electron chi connectivity index (χ2n) is 7.55. The molecule has 0 aromatic heterocycles. The van der Waals surface area contributed by atoms with Crippen LogP contribution < -0.4 is 10.5 Å². The number of nitrogens with zero attached hydrogens (tertiary/aromatic N) is 1. The van der Waals surface area contributed by atoms with Gasteiger partial charge in [-0.25, -0.2) is 18.4 Å². The van der Waals surface area contributed by atoms with Crippen molar-refractivity contribution in [1.29, 1.82) is 0 Å². The second kappa shape index (κ2) is 9.63. The Morgan fingerprint density at radius 1 is 1.23 bits per heavy atom. The van der Waals surface area contributed by atoms with Gasteiger partial charge in [-0.1, -0.05) is 18.2 Å². The Morgan fingerprint density at radius 2 is 1.87 bits per heavy atom. The Hall–Kier alpha value is -2.37. The van der Waals surface area contributed by atoms with Crippen LogP contribution >= 0.6 is 11.8 Å². The molecule has 30 heavy (non-hydrogen) atoms. The van der Waals surface area contributed by atoms with E-state index in [4.69, 9.17) is 9.88 Å². The number of rotatable bonds is 7. The van der Waals surface area contributed by atoms with Gasteiger partial charge < -0.3 is 10.1 Å². The summed E-state index contributed by atoms with van der Waals surface area (Å²) in [6, 6.07) is 6.16. The van der Waals surface area contributed by atoms with Gasteiger partial charge in [-0.3, -0.25) is 14.5 Å². The van der Waals surface area contributed by atoms with Crippen LogP contribution in [0.2, 0.25) is 0 Å². The predicted molar refractivity (Wildman–Crippen MR) is 113 cm³/mol. The molecule has 3 N–H and O–H groups in total. The average Bonchev–Trinajstić information content (AvgIpc) is 2.87. The van der Waals surface area contributed by atoms with Gasteiger partial charge in [-0.05, 0) is 63.1 Å². The Kier molecular flexibility index (Phi) is 7.67. The Labute approximate surface area is 180 Å². The summed E-state index contributed by atoms with van der Waals surface area (Å²) < 4.78 is 27.6. The molecule has 1 saturated heterocycles. The van der Waals surface area contributed by atoms with Crippen LogP contribution in [0.3, 0.4) is 0 Å². The summed E-state index contributed by atoms with van der Waals surface area (Å²) in [5.74, 6) is -0.402. The topological polar surface area (TPSA) is 136 Å². The summed E-state index contributed by atoms with van der Waals surface area (Å²) in [6.07, 6.45) is 2.13. The lowest BCUT2D eigenvalue weighted by Gasteiger charge is -2.20. The number of primary sulfonamides is 1. The first kappa shape index (κ1) is 23.9. The molecule has 164 valence electrons. The highest BCUT2D eigenvalue weighted by atomic mass is 32.2. The smallest absolute Gasteiger partial charge is 0.407 e. The first-order valence-corrected chi connectivity index (χ1v) is 11.6. The molecule has 1 aromatic carbocycles. The van der Waals surface area contributed by atoms with Crippen molar-refractivity contribution in [3.05, 3.63) is 40.8 Å². The first-order chi connectivity index (χ1) is 13.9. The molecule has 2 rings (SSSR count). The fourth-order valence-corrected chi connectivity index (χ4v) is 3.92. The molecule has 1 fully saturated rings. The van der Waals surface area contributed by atoms with Gasteiger partial charge in [0.1, 0.15) is 5.60 Å². The molecular formula is C19H25N3O6S2. The molecule has 9 nitrogen and oxygen atoms in total. The van der Waals surface area contributed by atoms with E-state index in [0.717, 1.165) is 22.2 Å². The van der Waals surface area contributed by atoms with Gasteiger partial charge in [-0.15, -0.1) is 0 Å². The summed E-state index contributed by atoms with van der Waals surface area (Å²) in [6.45, 7) is 5.36. The molecule has 11 heteroatoms. The molecule has 0 atom stereocenters. The fraction of sp³-hybridized carbons (Fsp3) is 0.421. The first-order valence-electron chi connectivity index (χ1n) is 9.19. The van der Waals surface area contributed by atoms with E-state index in [1.165, 1.54) is 12.1 Å². The van der Waals surface area contributed by atoms with Crippen LogP contribution in [0.25, 0.3) is 0 Å². The lowest BCUT2D eigenvalue weighted by Crippen LogP contribution is -2.39. The molecule has 1 heterocycles. The quantitative estimate of drug-likeness (QED) is 0.602. The molecule has 3 amide bonds. The number of hydrogen-bond acceptors (Lipinski definition) is 7. The maximum atomic E-state index is 12.4. The standard InChI is InChI=1S/C19H25N3O6S2/c1-19(2,3)28-17(24)21-11-12-22-16(23)15(29-18(22)25)6-4-5-13-7-9-14(10-8-13)30(20,26)27/h6-10H,4-5,11-12H2,1-3H3,(H,21,24)(H2,20,26,27)/b15-6-. The number of nitrogens with two attached hydrogens (primary N) is 1. The normalized spacial score (nSPS) is 16.3. The van der Waals surface area contributed by atoms with Gasteiger partial charge in [0.05, 0.1) is 9.80 Å². The molecule has 1 aliphatic heterocycles. The number of ether oxygens (including phenoxy) is 1. The van der Waals surface area contributed by atoms with Crippen LogP contribution in [0.1, 0.15) is 32.8 Å². The molecular weight excluding hydrogens is 430 g/mol. The predicted octanol–water partition coefficient (Wildman–Crippen LogP) is 2.37. The molecule has 1 aliphatic rings. The highest BCUT2D eigenvalue weighted by Crippen LogP contribution is 2.30. The summed E-state index contributed by atoms with van der Waals surface area (Å²) in [7, 11) is -3.73. The van der Waals surface area contributed by atoms with Crippen molar-refractivity contribution in [1.82, 2.24) is 10.2 Å². The van der Waals surface area contributed by atoms with Crippen LogP contribution in [0.4, 0.5) is 9.59 Å². The number of carbonyl (C=O) groups excluding carboxylic acids is 3. The van der Waals surface area contributed by atoms with Crippen LogP contribution in [0, 0.1) is 0 Å². The van der Waals surface area contributed by atoms with Gasteiger partial charge in [0, 0.05) is 13.1 Å². The minimum atomic E-state index is -3.73. The number of hydrogen-bond donors (Lipinski definition) is 2. The number of sulfonamides is 1. The Balaban J connectivity index is 1.85. The van der Waals surface area contributed by atoms with Gasteiger partial charge in [0.2, 0.25) is 10.0 Å². The van der Waals surface area contributed by atoms with Crippen LogP contribution in [0.5, 0.6) is 0 Å². The highest BCUT2D eigenvalue weighted by molar-refractivity contribution is 8.18. The van der Waals surface area contributed by atoms with E-state index >= 15 is 0 Å². The van der Waals surface area contributed by atoms with Gasteiger partial charge in [0.25, 0.3) is 11.1 Å². The van der Waals surface area contributed by atoms with E-state index in [-0.39, 0.29) is 18.0 Å². The second-order valence-corrected chi connectivity index (χ2v) is 10.1. The Bertz CT molecular complexity index is 949. The maximum Gasteiger partial charge on any atom is 0.407 e. The summed E-state index contributed by atoms with van der Waals surface area (Å²) in [5.41, 5.74) is 0.244. The van der Waals surface area contributed by atoms with Crippen LogP contribution in [-0.2, 0) is 26.0 Å². The zero-order chi connectivity index (χ0) is 22.5. The van der Waals surface area contributed by atoms with E-state index in [1.54, 1.807) is 39.0 Å². The molecule has 0 aliphatic carbocycles. The van der Waals surface area contributed by atoms with Crippen molar-refractivity contribution in [2.75, 3.05) is 13.1 Å². The third-order valence-electron chi connectivity index (χ3n) is 3.89. The fourth-order valence-electron chi connectivity index (χ4n) is 2.53. The molecule has 0 radical (unpaired) electrons. The van der Waals surface area contributed by atoms with Crippen molar-refractivity contribution in [3.63, 3.8) is 0 Å². The molecule has 1 aromatic rings. The molecule has 0 spiro atoms. The number of nitrogens with one attached hydrogen (secondary N) is 1. The molecule has 0 saturated carbocycles. The number of thioether (sulfide) groups is 1. The summed E-state index contributed by atoms with van der Waals surface area (Å²) in [5, 5.41) is 7.19. The van der Waals surface area contributed by atoms with Crippen molar-refractivity contribution < 1.29 is 27.5 Å². The zero-order valence-electron chi connectivity index (χ0n) is 17.0. The number of imide groups is 1. The molecule has 0 unspecified atom stereocenters. The molecule has 0 bridgehead atoms. The number of alkyl carbamates (subject to hydrolysis) is 1. The SMILES string of the molecule is CC(C)(C)OC(=O)NCCN1C(=O)S/C(=C\CCc2ccc(S(N)(=O)=O)cc2)C1=O. The lowest BCUT2D eigenvalue weighted by molar-refractivity contribution is -0.122. The van der Waals surface area contributed by atoms with Crippen molar-refractivity contribution in [2.45, 2.75) is 44.1 Å². The van der Waals surface area contributed by atoms with Crippen LogP contribution in [-0.4, -0.2) is 49.2 Å². The zero-order valence-corrected chi connectivity index (χ0v) is 18.6. The number of benzene rings is 1. The maximum absolute atomic E-state index is 12.4. The largest absolute Gasteiger partial charge is 0.444 e. The van der Waals surface area contributed by atoms with Crippen molar-refractivity contribution in [2.24, 2.45) is 5.14 Å². The number of carbonyl (C=O) groups is 3. The third-order valence-corrected chi connectivity index (χ3v) is 5.78. The monoisotopic (exact) mass is 455 g/mol.